The van der Waals surface area contributed by atoms with Crippen molar-refractivity contribution in [2.75, 3.05) is 11.9 Å². The molecule has 13 heteroatoms. The maximum absolute atomic E-state index is 13.4. The summed E-state index contributed by atoms with van der Waals surface area (Å²) in [6.45, 7) is 5.13. The van der Waals surface area contributed by atoms with E-state index in [1.165, 1.54) is 0 Å². The van der Waals surface area contributed by atoms with Gasteiger partial charge >= 0.3 is 6.18 Å². The average molecular weight is 467 g/mol. The minimum atomic E-state index is -4.86. The van der Waals surface area contributed by atoms with E-state index in [0.717, 1.165) is 12.4 Å². The van der Waals surface area contributed by atoms with Gasteiger partial charge in [0.25, 0.3) is 5.91 Å². The number of fused-ring (bicyclic) bond motifs is 1. The SMILES string of the molecule is CC(C)(C)NC(=O)CNc1n[nH]c2c(C(=O)NCc3ccc(F)c(C(F)(F)F)c3)ncnc12. The molecule has 0 spiro atoms. The van der Waals surface area contributed by atoms with Gasteiger partial charge < -0.3 is 16.0 Å². The highest BCUT2D eigenvalue weighted by atomic mass is 19.4. The van der Waals surface area contributed by atoms with E-state index in [0.29, 0.717) is 12.1 Å². The van der Waals surface area contributed by atoms with Crippen LogP contribution in [0.2, 0.25) is 0 Å². The number of hydrogen-bond acceptors (Lipinski definition) is 6. The molecule has 3 aromatic rings. The summed E-state index contributed by atoms with van der Waals surface area (Å²) in [6, 6.07) is 2.46. The first-order valence-electron chi connectivity index (χ1n) is 9.73. The fourth-order valence-corrected chi connectivity index (χ4v) is 2.92. The van der Waals surface area contributed by atoms with Crippen molar-refractivity contribution < 1.29 is 27.2 Å². The van der Waals surface area contributed by atoms with Crippen molar-refractivity contribution >= 4 is 28.7 Å². The van der Waals surface area contributed by atoms with Crippen molar-refractivity contribution in [3.05, 3.63) is 47.2 Å². The largest absolute Gasteiger partial charge is 0.419 e. The number of carbonyl (C=O) groups is 2. The van der Waals surface area contributed by atoms with E-state index in [9.17, 15) is 27.2 Å². The van der Waals surface area contributed by atoms with Crippen LogP contribution >= 0.6 is 0 Å². The van der Waals surface area contributed by atoms with E-state index in [1.54, 1.807) is 0 Å². The predicted molar refractivity (Wildman–Crippen MR) is 111 cm³/mol. The van der Waals surface area contributed by atoms with Gasteiger partial charge in [0.15, 0.2) is 11.5 Å². The van der Waals surface area contributed by atoms with Crippen LogP contribution in [0.1, 0.15) is 42.4 Å². The second-order valence-corrected chi connectivity index (χ2v) is 8.16. The number of H-pyrrole nitrogens is 1. The summed E-state index contributed by atoms with van der Waals surface area (Å²) >= 11 is 0. The van der Waals surface area contributed by atoms with Gasteiger partial charge in [-0.25, -0.2) is 14.4 Å². The second-order valence-electron chi connectivity index (χ2n) is 8.16. The smallest absolute Gasteiger partial charge is 0.358 e. The van der Waals surface area contributed by atoms with E-state index >= 15 is 0 Å². The van der Waals surface area contributed by atoms with Crippen LogP contribution in [0.3, 0.4) is 0 Å². The molecule has 0 aliphatic heterocycles. The highest BCUT2D eigenvalue weighted by Gasteiger charge is 2.34. The van der Waals surface area contributed by atoms with E-state index in [2.05, 4.69) is 36.1 Å². The monoisotopic (exact) mass is 467 g/mol. The molecule has 0 aliphatic rings. The first-order valence-corrected chi connectivity index (χ1v) is 9.73. The lowest BCUT2D eigenvalue weighted by Gasteiger charge is -2.20. The van der Waals surface area contributed by atoms with Crippen LogP contribution in [0.15, 0.2) is 24.5 Å². The van der Waals surface area contributed by atoms with Crippen LogP contribution in [0, 0.1) is 5.82 Å². The van der Waals surface area contributed by atoms with E-state index in [1.807, 2.05) is 20.8 Å². The van der Waals surface area contributed by atoms with Crippen molar-refractivity contribution in [2.45, 2.75) is 39.0 Å². The molecule has 0 atom stereocenters. The lowest BCUT2D eigenvalue weighted by atomic mass is 10.1. The molecule has 2 amide bonds. The van der Waals surface area contributed by atoms with Gasteiger partial charge in [0, 0.05) is 12.1 Å². The molecule has 0 fully saturated rings. The van der Waals surface area contributed by atoms with Crippen molar-refractivity contribution in [1.29, 1.82) is 0 Å². The molecule has 3 rings (SSSR count). The first kappa shape index (κ1) is 23.9. The molecule has 0 bridgehead atoms. The Labute approximate surface area is 185 Å². The molecule has 0 aliphatic carbocycles. The lowest BCUT2D eigenvalue weighted by Crippen LogP contribution is -2.43. The molecule has 33 heavy (non-hydrogen) atoms. The normalized spacial score (nSPS) is 12.0. The van der Waals surface area contributed by atoms with Crippen molar-refractivity contribution in [3.63, 3.8) is 0 Å². The number of nitrogens with zero attached hydrogens (tertiary/aromatic N) is 3. The second kappa shape index (κ2) is 9.00. The Hall–Kier alpha value is -3.77. The van der Waals surface area contributed by atoms with Gasteiger partial charge in [-0.05, 0) is 38.5 Å². The summed E-state index contributed by atoms with van der Waals surface area (Å²) in [5, 5.41) is 14.7. The van der Waals surface area contributed by atoms with Crippen LogP contribution in [0.25, 0.3) is 11.0 Å². The number of benzene rings is 1. The number of carbonyl (C=O) groups excluding carboxylic acids is 2. The number of nitrogens with one attached hydrogen (secondary N) is 4. The van der Waals surface area contributed by atoms with Gasteiger partial charge in [-0.15, -0.1) is 0 Å². The third-order valence-corrected chi connectivity index (χ3v) is 4.29. The van der Waals surface area contributed by atoms with Gasteiger partial charge in [-0.3, -0.25) is 14.7 Å². The Bertz CT molecular complexity index is 1190. The number of aromatic amines is 1. The topological polar surface area (TPSA) is 125 Å². The van der Waals surface area contributed by atoms with Crippen molar-refractivity contribution in [2.24, 2.45) is 0 Å². The number of amides is 2. The highest BCUT2D eigenvalue weighted by Crippen LogP contribution is 2.31. The Morgan fingerprint density at radius 2 is 1.85 bits per heavy atom. The van der Waals surface area contributed by atoms with Gasteiger partial charge in [0.1, 0.15) is 23.2 Å². The lowest BCUT2D eigenvalue weighted by molar-refractivity contribution is -0.140. The molecule has 0 saturated carbocycles. The Morgan fingerprint density at radius 1 is 1.12 bits per heavy atom. The molecule has 2 heterocycles. The van der Waals surface area contributed by atoms with Gasteiger partial charge in [0.05, 0.1) is 12.1 Å². The molecule has 176 valence electrons. The third kappa shape index (κ3) is 5.93. The summed E-state index contributed by atoms with van der Waals surface area (Å²) in [7, 11) is 0. The first-order chi connectivity index (χ1) is 15.3. The third-order valence-electron chi connectivity index (χ3n) is 4.29. The number of rotatable bonds is 6. The predicted octanol–water partition coefficient (Wildman–Crippen LogP) is 2.77. The number of anilines is 1. The number of alkyl halides is 3. The quantitative estimate of drug-likeness (QED) is 0.413. The van der Waals surface area contributed by atoms with E-state index < -0.39 is 29.0 Å². The zero-order valence-electron chi connectivity index (χ0n) is 17.9. The van der Waals surface area contributed by atoms with Crippen LogP contribution in [0.4, 0.5) is 23.4 Å². The molecule has 0 radical (unpaired) electrons. The van der Waals surface area contributed by atoms with Crippen LogP contribution in [-0.2, 0) is 17.5 Å². The summed E-state index contributed by atoms with van der Waals surface area (Å²) in [5.41, 5.74) is -1.45. The zero-order chi connectivity index (χ0) is 24.4. The number of aromatic nitrogens is 4. The molecular weight excluding hydrogens is 446 g/mol. The number of halogens is 4. The van der Waals surface area contributed by atoms with Crippen molar-refractivity contribution in [3.8, 4) is 0 Å². The summed E-state index contributed by atoms with van der Waals surface area (Å²) in [4.78, 5) is 32.5. The maximum Gasteiger partial charge on any atom is 0.419 e. The fourth-order valence-electron chi connectivity index (χ4n) is 2.92. The number of hydrogen-bond donors (Lipinski definition) is 4. The fraction of sp³-hybridized carbons (Fsp3) is 0.350. The zero-order valence-corrected chi connectivity index (χ0v) is 17.9. The summed E-state index contributed by atoms with van der Waals surface area (Å²) in [5.74, 6) is -2.16. The van der Waals surface area contributed by atoms with Crippen molar-refractivity contribution in [1.82, 2.24) is 30.8 Å². The van der Waals surface area contributed by atoms with Gasteiger partial charge in [-0.2, -0.15) is 18.3 Å². The standard InChI is InChI=1S/C20H21F4N7O2/c1-19(2,3)29-13(32)8-25-17-15-14(30-31-17)16(28-9-27-15)18(33)26-7-10-4-5-12(21)11(6-10)20(22,23)24/h4-6,9H,7-8H2,1-3H3,(H,26,33)(H,29,32)(H2,25,30,31). The van der Waals surface area contributed by atoms with E-state index in [-0.39, 0.29) is 47.1 Å². The Balaban J connectivity index is 1.72. The minimum absolute atomic E-state index is 0.0548. The van der Waals surface area contributed by atoms with Crippen LogP contribution in [0.5, 0.6) is 0 Å². The van der Waals surface area contributed by atoms with Crippen LogP contribution < -0.4 is 16.0 Å². The minimum Gasteiger partial charge on any atom is -0.358 e. The highest BCUT2D eigenvalue weighted by molar-refractivity contribution is 6.04. The molecule has 9 nitrogen and oxygen atoms in total. The summed E-state index contributed by atoms with van der Waals surface area (Å²) in [6.07, 6.45) is -3.74. The molecule has 2 aromatic heterocycles. The molecule has 4 N–H and O–H groups in total. The Morgan fingerprint density at radius 3 is 2.52 bits per heavy atom. The molecule has 0 saturated heterocycles. The van der Waals surface area contributed by atoms with Crippen LogP contribution in [-0.4, -0.2) is 44.1 Å². The van der Waals surface area contributed by atoms with Gasteiger partial charge in [-0.1, -0.05) is 6.07 Å². The molecule has 1 aromatic carbocycles. The average Bonchev–Trinajstić information content (AvgIpc) is 3.12. The molecule has 0 unspecified atom stereocenters. The Kier molecular flexibility index (Phi) is 6.51. The maximum atomic E-state index is 13.4. The molecular formula is C20H21F4N7O2. The van der Waals surface area contributed by atoms with Gasteiger partial charge in [0.2, 0.25) is 5.91 Å². The summed E-state index contributed by atoms with van der Waals surface area (Å²) < 4.78 is 52.1. The van der Waals surface area contributed by atoms with E-state index in [4.69, 9.17) is 0 Å².